The molecule has 0 N–H and O–H groups in total. The van der Waals surface area contributed by atoms with E-state index in [-0.39, 0.29) is 0 Å². The highest BCUT2D eigenvalue weighted by Gasteiger charge is 2.14. The van der Waals surface area contributed by atoms with Crippen LogP contribution in [0, 0.1) is 5.41 Å². The van der Waals surface area contributed by atoms with Crippen LogP contribution >= 0.6 is 0 Å². The maximum Gasteiger partial charge on any atom is 0.133 e. The molecule has 0 heterocycles. The number of hydrogen-bond acceptors (Lipinski definition) is 1. The van der Waals surface area contributed by atoms with E-state index in [4.69, 9.17) is 0 Å². The zero-order valence-corrected chi connectivity index (χ0v) is 5.95. The molecule has 1 rings (SSSR count). The van der Waals surface area contributed by atoms with Gasteiger partial charge in [-0.3, -0.25) is 0 Å². The van der Waals surface area contributed by atoms with Gasteiger partial charge in [-0.05, 0) is 6.92 Å². The van der Waals surface area contributed by atoms with Crippen molar-refractivity contribution in [1.29, 1.82) is 0 Å². The third-order valence-electron chi connectivity index (χ3n) is 1.50. The molecule has 10 heavy (non-hydrogen) atoms. The van der Waals surface area contributed by atoms with Crippen LogP contribution in [-0.4, -0.2) is 6.29 Å². The molecular formula is C9H10O. The van der Waals surface area contributed by atoms with E-state index in [1.54, 1.807) is 0 Å². The van der Waals surface area contributed by atoms with Crippen LogP contribution in [0.3, 0.4) is 0 Å². The first-order valence-corrected chi connectivity index (χ1v) is 3.27. The van der Waals surface area contributed by atoms with Gasteiger partial charge in [0.1, 0.15) is 6.29 Å². The maximum absolute atomic E-state index is 10.5. The summed E-state index contributed by atoms with van der Waals surface area (Å²) in [5.41, 5.74) is -0.399. The molecule has 0 saturated heterocycles. The lowest BCUT2D eigenvalue weighted by atomic mass is 9.92. The fourth-order valence-electron chi connectivity index (χ4n) is 0.788. The Morgan fingerprint density at radius 3 is 2.00 bits per heavy atom. The Balaban J connectivity index is 2.90. The zero-order chi connectivity index (χ0) is 7.45. The zero-order valence-electron chi connectivity index (χ0n) is 5.95. The molecule has 0 aromatic rings. The molecule has 0 saturated carbocycles. The summed E-state index contributed by atoms with van der Waals surface area (Å²) in [6.07, 6.45) is 12.3. The molecule has 1 nitrogen and oxygen atoms in total. The van der Waals surface area contributed by atoms with E-state index >= 15 is 0 Å². The van der Waals surface area contributed by atoms with Gasteiger partial charge < -0.3 is 4.79 Å². The SMILES string of the molecule is CC1(C=O)C=CC=CC=C1. The summed E-state index contributed by atoms with van der Waals surface area (Å²) < 4.78 is 0. The third kappa shape index (κ3) is 1.44. The van der Waals surface area contributed by atoms with Crippen LogP contribution in [0.15, 0.2) is 36.5 Å². The van der Waals surface area contributed by atoms with Gasteiger partial charge in [-0.1, -0.05) is 36.5 Å². The Kier molecular flexibility index (Phi) is 1.86. The van der Waals surface area contributed by atoms with E-state index < -0.39 is 5.41 Å². The molecule has 0 unspecified atom stereocenters. The summed E-state index contributed by atoms with van der Waals surface area (Å²) in [6, 6.07) is 0. The van der Waals surface area contributed by atoms with Crippen molar-refractivity contribution in [1.82, 2.24) is 0 Å². The first kappa shape index (κ1) is 7.00. The van der Waals surface area contributed by atoms with Crippen molar-refractivity contribution in [3.63, 3.8) is 0 Å². The minimum atomic E-state index is -0.399. The van der Waals surface area contributed by atoms with Crippen molar-refractivity contribution < 1.29 is 4.79 Å². The number of hydrogen-bond donors (Lipinski definition) is 0. The number of aldehydes is 1. The van der Waals surface area contributed by atoms with Crippen LogP contribution in [0.1, 0.15) is 6.92 Å². The van der Waals surface area contributed by atoms with Crippen molar-refractivity contribution in [2.75, 3.05) is 0 Å². The van der Waals surface area contributed by atoms with Crippen molar-refractivity contribution >= 4 is 6.29 Å². The monoisotopic (exact) mass is 134 g/mol. The van der Waals surface area contributed by atoms with Crippen LogP contribution in [0.25, 0.3) is 0 Å². The summed E-state index contributed by atoms with van der Waals surface area (Å²) in [5.74, 6) is 0. The average molecular weight is 134 g/mol. The van der Waals surface area contributed by atoms with Crippen LogP contribution in [-0.2, 0) is 4.79 Å². The Morgan fingerprint density at radius 1 is 1.10 bits per heavy atom. The third-order valence-corrected chi connectivity index (χ3v) is 1.50. The molecule has 0 spiro atoms. The summed E-state index contributed by atoms with van der Waals surface area (Å²) in [4.78, 5) is 10.5. The molecule has 0 aromatic heterocycles. The Morgan fingerprint density at radius 2 is 1.60 bits per heavy atom. The molecule has 52 valence electrons. The van der Waals surface area contributed by atoms with Crippen LogP contribution < -0.4 is 0 Å². The second kappa shape index (κ2) is 2.65. The highest BCUT2D eigenvalue weighted by molar-refractivity contribution is 5.66. The molecule has 0 atom stereocenters. The van der Waals surface area contributed by atoms with Gasteiger partial charge in [0.05, 0.1) is 5.41 Å². The molecule has 0 aromatic carbocycles. The molecular weight excluding hydrogens is 124 g/mol. The van der Waals surface area contributed by atoms with Gasteiger partial charge in [-0.2, -0.15) is 0 Å². The van der Waals surface area contributed by atoms with Gasteiger partial charge in [0.25, 0.3) is 0 Å². The first-order chi connectivity index (χ1) is 4.77. The predicted molar refractivity (Wildman–Crippen MR) is 41.6 cm³/mol. The van der Waals surface area contributed by atoms with Gasteiger partial charge >= 0.3 is 0 Å². The fourth-order valence-corrected chi connectivity index (χ4v) is 0.788. The smallest absolute Gasteiger partial charge is 0.133 e. The normalized spacial score (nSPS) is 20.5. The molecule has 0 aliphatic heterocycles. The Bertz CT molecular complexity index is 193. The lowest BCUT2D eigenvalue weighted by Crippen LogP contribution is -2.09. The van der Waals surface area contributed by atoms with Gasteiger partial charge in [-0.25, -0.2) is 0 Å². The summed E-state index contributed by atoms with van der Waals surface area (Å²) in [6.45, 7) is 1.88. The molecule has 1 aliphatic rings. The van der Waals surface area contributed by atoms with E-state index in [1.165, 1.54) is 0 Å². The van der Waals surface area contributed by atoms with E-state index in [0.29, 0.717) is 0 Å². The fraction of sp³-hybridized carbons (Fsp3) is 0.222. The maximum atomic E-state index is 10.5. The van der Waals surface area contributed by atoms with E-state index in [2.05, 4.69) is 0 Å². The van der Waals surface area contributed by atoms with Crippen molar-refractivity contribution in [2.24, 2.45) is 5.41 Å². The lowest BCUT2D eigenvalue weighted by molar-refractivity contribution is -0.111. The van der Waals surface area contributed by atoms with Crippen molar-refractivity contribution in [2.45, 2.75) is 6.92 Å². The minimum absolute atomic E-state index is 0.399. The molecule has 0 fully saturated rings. The van der Waals surface area contributed by atoms with E-state index in [1.807, 2.05) is 43.4 Å². The topological polar surface area (TPSA) is 17.1 Å². The largest absolute Gasteiger partial charge is 0.302 e. The minimum Gasteiger partial charge on any atom is -0.302 e. The standard InChI is InChI=1S/C9H10O/c1-9(8-10)6-4-2-3-5-7-9/h2-8H,1H3. The van der Waals surface area contributed by atoms with Crippen LogP contribution in [0.4, 0.5) is 0 Å². The quantitative estimate of drug-likeness (QED) is 0.500. The van der Waals surface area contributed by atoms with Gasteiger partial charge in [-0.15, -0.1) is 0 Å². The number of carbonyl (C=O) groups is 1. The van der Waals surface area contributed by atoms with Crippen molar-refractivity contribution in [3.8, 4) is 0 Å². The van der Waals surface area contributed by atoms with Crippen LogP contribution in [0.5, 0.6) is 0 Å². The Hall–Kier alpha value is -1.11. The molecule has 1 aliphatic carbocycles. The highest BCUT2D eigenvalue weighted by Crippen LogP contribution is 2.18. The van der Waals surface area contributed by atoms with Crippen molar-refractivity contribution in [3.05, 3.63) is 36.5 Å². The predicted octanol–water partition coefficient (Wildman–Crippen LogP) is 1.87. The summed E-state index contributed by atoms with van der Waals surface area (Å²) in [5, 5.41) is 0. The molecule has 0 amide bonds. The second-order valence-corrected chi connectivity index (χ2v) is 2.59. The first-order valence-electron chi connectivity index (χ1n) is 3.27. The van der Waals surface area contributed by atoms with Gasteiger partial charge in [0.15, 0.2) is 0 Å². The van der Waals surface area contributed by atoms with E-state index in [9.17, 15) is 4.79 Å². The number of allylic oxidation sites excluding steroid dienone is 6. The van der Waals surface area contributed by atoms with Crippen LogP contribution in [0.2, 0.25) is 0 Å². The highest BCUT2D eigenvalue weighted by atomic mass is 16.1. The second-order valence-electron chi connectivity index (χ2n) is 2.59. The summed E-state index contributed by atoms with van der Waals surface area (Å²) >= 11 is 0. The van der Waals surface area contributed by atoms with Gasteiger partial charge in [0.2, 0.25) is 0 Å². The molecule has 0 bridgehead atoms. The number of rotatable bonds is 1. The summed E-state index contributed by atoms with van der Waals surface area (Å²) in [7, 11) is 0. The average Bonchev–Trinajstić information content (AvgIpc) is 2.15. The number of carbonyl (C=O) groups excluding carboxylic acids is 1. The van der Waals surface area contributed by atoms with Gasteiger partial charge in [0, 0.05) is 0 Å². The Labute approximate surface area is 60.7 Å². The van der Waals surface area contributed by atoms with E-state index in [0.717, 1.165) is 6.29 Å². The molecule has 1 heteroatoms. The molecule has 0 radical (unpaired) electrons. The lowest BCUT2D eigenvalue weighted by Gasteiger charge is -2.10.